The van der Waals surface area contributed by atoms with Crippen molar-refractivity contribution < 1.29 is 23.5 Å². The molecule has 2 amide bonds. The zero-order valence-electron chi connectivity index (χ0n) is 15.2. The molecule has 2 N–H and O–H groups in total. The monoisotopic (exact) mass is 372 g/mol. The van der Waals surface area contributed by atoms with Gasteiger partial charge in [0.25, 0.3) is 11.8 Å². The van der Waals surface area contributed by atoms with E-state index in [9.17, 15) is 18.8 Å². The number of aryl methyl sites for hydroxylation is 2. The average molecular weight is 372 g/mol. The number of nitrogens with one attached hydrogen (secondary N) is 2. The summed E-state index contributed by atoms with van der Waals surface area (Å²) >= 11 is 0. The van der Waals surface area contributed by atoms with Gasteiger partial charge in [-0.1, -0.05) is 25.1 Å². The van der Waals surface area contributed by atoms with Crippen LogP contribution in [0.1, 0.15) is 28.4 Å². The second-order valence-corrected chi connectivity index (χ2v) is 5.86. The Labute approximate surface area is 156 Å². The van der Waals surface area contributed by atoms with Crippen LogP contribution in [0.2, 0.25) is 0 Å². The van der Waals surface area contributed by atoms with E-state index in [1.807, 2.05) is 32.0 Å². The first kappa shape index (κ1) is 20.1. The minimum Gasteiger partial charge on any atom is -0.454 e. The van der Waals surface area contributed by atoms with E-state index in [1.165, 1.54) is 12.1 Å². The van der Waals surface area contributed by atoms with Gasteiger partial charge in [0.05, 0.1) is 0 Å². The molecule has 0 saturated carbocycles. The number of hydrogen-bond acceptors (Lipinski definition) is 4. The molecule has 2 aromatic rings. The lowest BCUT2D eigenvalue weighted by molar-refractivity contribution is -0.146. The molecule has 0 aliphatic carbocycles. The van der Waals surface area contributed by atoms with E-state index in [0.29, 0.717) is 5.69 Å². The highest BCUT2D eigenvalue weighted by Gasteiger charge is 2.13. The molecule has 0 bridgehead atoms. The minimum atomic E-state index is -0.749. The van der Waals surface area contributed by atoms with Crippen LogP contribution in [0.15, 0.2) is 42.5 Å². The highest BCUT2D eigenvalue weighted by molar-refractivity contribution is 5.97. The molecular weight excluding hydrogens is 351 g/mol. The molecule has 2 aromatic carbocycles. The van der Waals surface area contributed by atoms with Crippen LogP contribution in [0, 0.1) is 12.7 Å². The van der Waals surface area contributed by atoms with Gasteiger partial charge >= 0.3 is 5.97 Å². The Morgan fingerprint density at radius 3 is 2.44 bits per heavy atom. The molecule has 0 saturated heterocycles. The molecule has 0 fully saturated rings. The lowest BCUT2D eigenvalue weighted by Gasteiger charge is -2.13. The quantitative estimate of drug-likeness (QED) is 0.732. The number of esters is 1. The summed E-state index contributed by atoms with van der Waals surface area (Å²) in [5.41, 5.74) is 2.83. The molecule has 0 aliphatic rings. The van der Waals surface area contributed by atoms with Gasteiger partial charge in [-0.15, -0.1) is 0 Å². The Hall–Kier alpha value is -3.22. The van der Waals surface area contributed by atoms with Gasteiger partial charge in [0, 0.05) is 11.3 Å². The number of amides is 2. The minimum absolute atomic E-state index is 0.216. The van der Waals surface area contributed by atoms with Crippen LogP contribution in [0.25, 0.3) is 0 Å². The van der Waals surface area contributed by atoms with E-state index in [2.05, 4.69) is 10.6 Å². The van der Waals surface area contributed by atoms with Gasteiger partial charge in [-0.25, -0.2) is 4.39 Å². The van der Waals surface area contributed by atoms with Crippen molar-refractivity contribution in [3.8, 4) is 0 Å². The van der Waals surface area contributed by atoms with E-state index >= 15 is 0 Å². The van der Waals surface area contributed by atoms with E-state index in [1.54, 1.807) is 0 Å². The third kappa shape index (κ3) is 5.91. The van der Waals surface area contributed by atoms with Crippen LogP contribution >= 0.6 is 0 Å². The average Bonchev–Trinajstić information content (AvgIpc) is 2.66. The first-order valence-electron chi connectivity index (χ1n) is 8.48. The maximum atomic E-state index is 12.8. The number of benzene rings is 2. The van der Waals surface area contributed by atoms with Crippen molar-refractivity contribution in [3.05, 3.63) is 65.0 Å². The van der Waals surface area contributed by atoms with Crippen molar-refractivity contribution in [3.63, 3.8) is 0 Å². The van der Waals surface area contributed by atoms with Crippen molar-refractivity contribution in [2.45, 2.75) is 20.3 Å². The summed E-state index contributed by atoms with van der Waals surface area (Å²) in [5.74, 6) is -2.21. The Kier molecular flexibility index (Phi) is 7.05. The predicted molar refractivity (Wildman–Crippen MR) is 98.9 cm³/mol. The van der Waals surface area contributed by atoms with Crippen LogP contribution < -0.4 is 10.6 Å². The van der Waals surface area contributed by atoms with Crippen LogP contribution in [0.3, 0.4) is 0 Å². The molecule has 6 nitrogen and oxygen atoms in total. The maximum Gasteiger partial charge on any atom is 0.325 e. The number of carbonyl (C=O) groups excluding carboxylic acids is 3. The maximum absolute atomic E-state index is 12.8. The summed E-state index contributed by atoms with van der Waals surface area (Å²) in [6.45, 7) is 3.01. The first-order valence-corrected chi connectivity index (χ1v) is 8.48. The first-order chi connectivity index (χ1) is 12.9. The molecule has 0 aliphatic heterocycles. The lowest BCUT2D eigenvalue weighted by atomic mass is 10.1. The predicted octanol–water partition coefficient (Wildman–Crippen LogP) is 2.61. The van der Waals surface area contributed by atoms with Crippen molar-refractivity contribution >= 4 is 23.5 Å². The third-order valence-corrected chi connectivity index (χ3v) is 3.87. The van der Waals surface area contributed by atoms with Crippen LogP contribution in [-0.2, 0) is 20.7 Å². The fraction of sp³-hybridized carbons (Fsp3) is 0.250. The number of rotatable bonds is 7. The van der Waals surface area contributed by atoms with Gasteiger partial charge in [0.2, 0.25) is 0 Å². The van der Waals surface area contributed by atoms with E-state index in [4.69, 9.17) is 4.74 Å². The molecule has 0 atom stereocenters. The number of hydrogen-bond donors (Lipinski definition) is 2. The number of halogens is 1. The number of ether oxygens (including phenoxy) is 1. The SMILES string of the molecule is CCc1cccc(C)c1NC(=O)COC(=O)CNC(=O)c1ccc(F)cc1. The highest BCUT2D eigenvalue weighted by Crippen LogP contribution is 2.20. The molecule has 0 heterocycles. The normalized spacial score (nSPS) is 10.2. The molecule has 7 heteroatoms. The number of para-hydroxylation sites is 1. The molecule has 0 radical (unpaired) electrons. The molecule has 2 rings (SSSR count). The van der Waals surface area contributed by atoms with E-state index in [0.717, 1.165) is 29.7 Å². The summed E-state index contributed by atoms with van der Waals surface area (Å²) < 4.78 is 17.7. The topological polar surface area (TPSA) is 84.5 Å². The van der Waals surface area contributed by atoms with Crippen LogP contribution in [0.5, 0.6) is 0 Å². The van der Waals surface area contributed by atoms with Crippen molar-refractivity contribution in [2.24, 2.45) is 0 Å². The van der Waals surface area contributed by atoms with E-state index < -0.39 is 36.8 Å². The number of carbonyl (C=O) groups is 3. The van der Waals surface area contributed by atoms with Gasteiger partial charge in [0.1, 0.15) is 12.4 Å². The second-order valence-electron chi connectivity index (χ2n) is 5.86. The molecule has 0 spiro atoms. The van der Waals surface area contributed by atoms with Crippen molar-refractivity contribution in [2.75, 3.05) is 18.5 Å². The van der Waals surface area contributed by atoms with Gasteiger partial charge in [-0.3, -0.25) is 14.4 Å². The second kappa shape index (κ2) is 9.47. The van der Waals surface area contributed by atoms with Crippen molar-refractivity contribution in [1.82, 2.24) is 5.32 Å². The van der Waals surface area contributed by atoms with E-state index in [-0.39, 0.29) is 5.56 Å². The summed E-state index contributed by atoms with van der Waals surface area (Å²) in [4.78, 5) is 35.5. The Morgan fingerprint density at radius 1 is 1.07 bits per heavy atom. The zero-order valence-corrected chi connectivity index (χ0v) is 15.2. The van der Waals surface area contributed by atoms with Gasteiger partial charge in [-0.2, -0.15) is 0 Å². The van der Waals surface area contributed by atoms with Gasteiger partial charge in [0.15, 0.2) is 6.61 Å². The molecule has 142 valence electrons. The van der Waals surface area contributed by atoms with Gasteiger partial charge in [-0.05, 0) is 48.7 Å². The lowest BCUT2D eigenvalue weighted by Crippen LogP contribution is -2.32. The van der Waals surface area contributed by atoms with Gasteiger partial charge < -0.3 is 15.4 Å². The summed E-state index contributed by atoms with van der Waals surface area (Å²) in [5, 5.41) is 5.09. The fourth-order valence-electron chi connectivity index (χ4n) is 2.43. The largest absolute Gasteiger partial charge is 0.454 e. The molecule has 27 heavy (non-hydrogen) atoms. The fourth-order valence-corrected chi connectivity index (χ4v) is 2.43. The summed E-state index contributed by atoms with van der Waals surface area (Å²) in [7, 11) is 0. The van der Waals surface area contributed by atoms with Crippen LogP contribution in [0.4, 0.5) is 10.1 Å². The Balaban J connectivity index is 1.79. The highest BCUT2D eigenvalue weighted by atomic mass is 19.1. The Morgan fingerprint density at radius 2 is 1.78 bits per heavy atom. The molecule has 0 aromatic heterocycles. The summed E-state index contributed by atoms with van der Waals surface area (Å²) in [6.07, 6.45) is 0.756. The molecule has 0 unspecified atom stereocenters. The molecular formula is C20H21FN2O4. The standard InChI is InChI=1S/C20H21FN2O4/c1-3-14-6-4-5-13(2)19(14)23-17(24)12-27-18(25)11-22-20(26)15-7-9-16(21)10-8-15/h4-10H,3,11-12H2,1-2H3,(H,22,26)(H,23,24). The van der Waals surface area contributed by atoms with Crippen LogP contribution in [-0.4, -0.2) is 30.9 Å². The Bertz CT molecular complexity index is 834. The summed E-state index contributed by atoms with van der Waals surface area (Å²) in [6, 6.07) is 10.6. The number of anilines is 1. The van der Waals surface area contributed by atoms with Crippen molar-refractivity contribution in [1.29, 1.82) is 0 Å². The zero-order chi connectivity index (χ0) is 19.8. The third-order valence-electron chi connectivity index (χ3n) is 3.87. The smallest absolute Gasteiger partial charge is 0.325 e.